The van der Waals surface area contributed by atoms with E-state index in [4.69, 9.17) is 10.7 Å². The predicted octanol–water partition coefficient (Wildman–Crippen LogP) is 3.11. The molecule has 0 saturated heterocycles. The smallest absolute Gasteiger partial charge is 0.226 e. The normalized spacial score (nSPS) is 14.4. The van der Waals surface area contributed by atoms with E-state index in [1.807, 2.05) is 23.3 Å². The van der Waals surface area contributed by atoms with Gasteiger partial charge in [-0.1, -0.05) is 25.0 Å². The van der Waals surface area contributed by atoms with Crippen LogP contribution < -0.4 is 16.4 Å². The monoisotopic (exact) mass is 417 g/mol. The first kappa shape index (κ1) is 19.5. The van der Waals surface area contributed by atoms with Crippen molar-refractivity contribution < 1.29 is 0 Å². The van der Waals surface area contributed by atoms with E-state index >= 15 is 0 Å². The van der Waals surface area contributed by atoms with Crippen molar-refractivity contribution in [1.29, 1.82) is 0 Å². The predicted molar refractivity (Wildman–Crippen MR) is 121 cm³/mol. The van der Waals surface area contributed by atoms with E-state index in [0.29, 0.717) is 31.6 Å². The van der Waals surface area contributed by atoms with Crippen molar-refractivity contribution in [3.63, 3.8) is 0 Å². The van der Waals surface area contributed by atoms with Crippen LogP contribution in [-0.2, 0) is 6.54 Å². The van der Waals surface area contributed by atoms with Gasteiger partial charge in [-0.15, -0.1) is 0 Å². The van der Waals surface area contributed by atoms with Gasteiger partial charge in [0.25, 0.3) is 0 Å². The maximum absolute atomic E-state index is 5.66. The highest BCUT2D eigenvalue weighted by atomic mass is 15.3. The lowest BCUT2D eigenvalue weighted by atomic mass is 10.2. The molecule has 0 radical (unpaired) electrons. The van der Waals surface area contributed by atoms with Crippen molar-refractivity contribution in [2.45, 2.75) is 38.3 Å². The molecule has 0 unspecified atom stereocenters. The molecule has 31 heavy (non-hydrogen) atoms. The molecule has 4 aromatic rings. The number of nitrogens with two attached hydrogens (primary N) is 1. The lowest BCUT2D eigenvalue weighted by Gasteiger charge is -2.14. The summed E-state index contributed by atoms with van der Waals surface area (Å²) in [6.45, 7) is 1.78. The van der Waals surface area contributed by atoms with Crippen LogP contribution in [0, 0.1) is 0 Å². The van der Waals surface area contributed by atoms with Crippen LogP contribution in [-0.4, -0.2) is 42.4 Å². The van der Waals surface area contributed by atoms with Crippen molar-refractivity contribution in [1.82, 2.24) is 29.3 Å². The zero-order chi connectivity index (χ0) is 21.0. The summed E-state index contributed by atoms with van der Waals surface area (Å²) in [5.41, 5.74) is 9.52. The standard InChI is InChI=1S/C22H27N9/c23-10-12-24-22-28-20(19-21(29-22)30(15-26-19)17-4-1-2-5-17)25-14-16-6-8-18(9-7-16)31-13-3-11-27-31/h3,6-9,11,13,15,17H,1-2,4-5,10,12,14,23H2,(H2,24,25,28,29). The molecular formula is C22H27N9. The number of rotatable bonds is 8. The van der Waals surface area contributed by atoms with Crippen molar-refractivity contribution in [2.75, 3.05) is 23.7 Å². The Morgan fingerprint density at radius 3 is 2.65 bits per heavy atom. The van der Waals surface area contributed by atoms with E-state index in [-0.39, 0.29) is 0 Å². The van der Waals surface area contributed by atoms with Gasteiger partial charge in [0.15, 0.2) is 17.0 Å². The number of hydrogen-bond acceptors (Lipinski definition) is 7. The van der Waals surface area contributed by atoms with Gasteiger partial charge in [0.1, 0.15) is 0 Å². The lowest BCUT2D eigenvalue weighted by molar-refractivity contribution is 0.529. The van der Waals surface area contributed by atoms with Gasteiger partial charge >= 0.3 is 0 Å². The van der Waals surface area contributed by atoms with E-state index in [1.165, 1.54) is 25.7 Å². The topological polar surface area (TPSA) is 112 Å². The molecule has 1 fully saturated rings. The highest BCUT2D eigenvalue weighted by Crippen LogP contribution is 2.33. The van der Waals surface area contributed by atoms with E-state index in [9.17, 15) is 0 Å². The van der Waals surface area contributed by atoms with Gasteiger partial charge in [0.05, 0.1) is 12.0 Å². The molecule has 1 aliphatic rings. The van der Waals surface area contributed by atoms with Crippen molar-refractivity contribution in [2.24, 2.45) is 5.73 Å². The summed E-state index contributed by atoms with van der Waals surface area (Å²) in [5.74, 6) is 1.31. The number of fused-ring (bicyclic) bond motifs is 1. The first-order valence-corrected chi connectivity index (χ1v) is 10.8. The molecule has 1 aliphatic carbocycles. The summed E-state index contributed by atoms with van der Waals surface area (Å²) >= 11 is 0. The van der Waals surface area contributed by atoms with Crippen LogP contribution in [0.15, 0.2) is 49.1 Å². The average molecular weight is 418 g/mol. The van der Waals surface area contributed by atoms with Crippen LogP contribution >= 0.6 is 0 Å². The van der Waals surface area contributed by atoms with E-state index < -0.39 is 0 Å². The quantitative estimate of drug-likeness (QED) is 0.404. The van der Waals surface area contributed by atoms with Crippen molar-refractivity contribution >= 4 is 22.9 Å². The molecule has 4 N–H and O–H groups in total. The summed E-state index contributed by atoms with van der Waals surface area (Å²) in [4.78, 5) is 14.1. The second-order valence-corrected chi connectivity index (χ2v) is 7.84. The molecule has 0 aliphatic heterocycles. The van der Waals surface area contributed by atoms with Crippen molar-refractivity contribution in [3.8, 4) is 5.69 Å². The number of benzene rings is 1. The van der Waals surface area contributed by atoms with Gasteiger partial charge in [-0.25, -0.2) is 9.67 Å². The van der Waals surface area contributed by atoms with Crippen LogP contribution in [0.4, 0.5) is 11.8 Å². The second kappa shape index (κ2) is 8.73. The van der Waals surface area contributed by atoms with Crippen LogP contribution in [0.1, 0.15) is 37.3 Å². The van der Waals surface area contributed by atoms with E-state index in [0.717, 1.165) is 28.2 Å². The Hall–Kier alpha value is -3.46. The largest absolute Gasteiger partial charge is 0.364 e. The molecule has 0 bridgehead atoms. The maximum atomic E-state index is 5.66. The summed E-state index contributed by atoms with van der Waals surface area (Å²) in [6, 6.07) is 10.7. The number of anilines is 2. The lowest BCUT2D eigenvalue weighted by Crippen LogP contribution is -2.16. The summed E-state index contributed by atoms with van der Waals surface area (Å²) in [5, 5.41) is 10.9. The molecule has 160 valence electrons. The fraction of sp³-hybridized carbons (Fsp3) is 0.364. The summed E-state index contributed by atoms with van der Waals surface area (Å²) < 4.78 is 4.05. The molecule has 0 spiro atoms. The number of hydrogen-bond donors (Lipinski definition) is 3. The first-order chi connectivity index (χ1) is 15.3. The Morgan fingerprint density at radius 1 is 1.06 bits per heavy atom. The Morgan fingerprint density at radius 2 is 1.90 bits per heavy atom. The van der Waals surface area contributed by atoms with Gasteiger partial charge < -0.3 is 20.9 Å². The van der Waals surface area contributed by atoms with Crippen LogP contribution in [0.25, 0.3) is 16.9 Å². The minimum atomic E-state index is 0.463. The number of nitrogens with one attached hydrogen (secondary N) is 2. The van der Waals surface area contributed by atoms with Crippen molar-refractivity contribution in [3.05, 3.63) is 54.6 Å². The number of nitrogens with zero attached hydrogens (tertiary/aromatic N) is 6. The van der Waals surface area contributed by atoms with Gasteiger partial charge in [-0.3, -0.25) is 0 Å². The zero-order valence-corrected chi connectivity index (χ0v) is 17.4. The molecule has 9 heteroatoms. The van der Waals surface area contributed by atoms with Crippen LogP contribution in [0.2, 0.25) is 0 Å². The number of aromatic nitrogens is 6. The molecule has 1 saturated carbocycles. The van der Waals surface area contributed by atoms with Crippen LogP contribution in [0.5, 0.6) is 0 Å². The van der Waals surface area contributed by atoms with Gasteiger partial charge in [0, 0.05) is 38.1 Å². The third-order valence-corrected chi connectivity index (χ3v) is 5.73. The van der Waals surface area contributed by atoms with Gasteiger partial charge in [-0.2, -0.15) is 15.1 Å². The van der Waals surface area contributed by atoms with E-state index in [2.05, 4.69) is 54.5 Å². The summed E-state index contributed by atoms with van der Waals surface area (Å²) in [6.07, 6.45) is 10.5. The van der Waals surface area contributed by atoms with Crippen LogP contribution in [0.3, 0.4) is 0 Å². The summed E-state index contributed by atoms with van der Waals surface area (Å²) in [7, 11) is 0. The molecule has 3 heterocycles. The first-order valence-electron chi connectivity index (χ1n) is 10.8. The Bertz CT molecular complexity index is 1130. The molecule has 0 amide bonds. The fourth-order valence-corrected chi connectivity index (χ4v) is 4.13. The molecule has 5 rings (SSSR count). The third-order valence-electron chi connectivity index (χ3n) is 5.73. The Balaban J connectivity index is 1.40. The molecular weight excluding hydrogens is 390 g/mol. The third kappa shape index (κ3) is 4.09. The number of imidazole rings is 1. The molecule has 0 atom stereocenters. The SMILES string of the molecule is NCCNc1nc(NCc2ccc(-n3cccn3)cc2)c2ncn(C3CCCC3)c2n1. The Labute approximate surface area is 180 Å². The second-order valence-electron chi connectivity index (χ2n) is 7.84. The highest BCUT2D eigenvalue weighted by Gasteiger charge is 2.21. The highest BCUT2D eigenvalue weighted by molar-refractivity contribution is 5.84. The molecule has 1 aromatic carbocycles. The minimum Gasteiger partial charge on any atom is -0.364 e. The fourth-order valence-electron chi connectivity index (χ4n) is 4.13. The van der Waals surface area contributed by atoms with Gasteiger partial charge in [-0.05, 0) is 36.6 Å². The zero-order valence-electron chi connectivity index (χ0n) is 17.4. The average Bonchev–Trinajstić information content (AvgIpc) is 3.57. The van der Waals surface area contributed by atoms with Gasteiger partial charge in [0.2, 0.25) is 5.95 Å². The molecule has 3 aromatic heterocycles. The minimum absolute atomic E-state index is 0.463. The molecule has 9 nitrogen and oxygen atoms in total. The maximum Gasteiger partial charge on any atom is 0.226 e. The Kier molecular flexibility index (Phi) is 5.49. The van der Waals surface area contributed by atoms with E-state index in [1.54, 1.807) is 6.20 Å².